The predicted molar refractivity (Wildman–Crippen MR) is 104 cm³/mol. The molecule has 6 nitrogen and oxygen atoms in total. The Morgan fingerprint density at radius 3 is 2.70 bits per heavy atom. The number of rotatable bonds is 5. The van der Waals surface area contributed by atoms with Crippen molar-refractivity contribution in [3.63, 3.8) is 0 Å². The van der Waals surface area contributed by atoms with Crippen LogP contribution in [0, 0.1) is 0 Å². The largest absolute Gasteiger partial charge is 0.353 e. The first-order valence-corrected chi connectivity index (χ1v) is 9.15. The summed E-state index contributed by atoms with van der Waals surface area (Å²) in [5, 5.41) is 8.08. The van der Waals surface area contributed by atoms with E-state index in [1.807, 2.05) is 47.2 Å². The van der Waals surface area contributed by atoms with Crippen molar-refractivity contribution in [2.45, 2.75) is 38.3 Å². The first-order chi connectivity index (χ1) is 13.1. The molecule has 0 radical (unpaired) electrons. The van der Waals surface area contributed by atoms with E-state index in [4.69, 9.17) is 0 Å². The fourth-order valence-electron chi connectivity index (χ4n) is 3.56. The second-order valence-electron chi connectivity index (χ2n) is 7.14. The van der Waals surface area contributed by atoms with Crippen LogP contribution >= 0.6 is 0 Å². The zero-order valence-corrected chi connectivity index (χ0v) is 15.2. The molecule has 1 heterocycles. The van der Waals surface area contributed by atoms with Crippen molar-refractivity contribution in [2.24, 2.45) is 0 Å². The average Bonchev–Trinajstić information content (AvgIpc) is 3.05. The summed E-state index contributed by atoms with van der Waals surface area (Å²) in [7, 11) is 0. The van der Waals surface area contributed by atoms with Crippen molar-refractivity contribution >= 4 is 28.4 Å². The molecule has 2 amide bonds. The van der Waals surface area contributed by atoms with E-state index < -0.39 is 0 Å². The number of hydrogen-bond acceptors (Lipinski definition) is 3. The number of fused-ring (bicyclic) bond motifs is 1. The molecule has 1 saturated carbocycles. The van der Waals surface area contributed by atoms with Crippen LogP contribution in [0.1, 0.15) is 31.4 Å². The van der Waals surface area contributed by atoms with Gasteiger partial charge in [-0.3, -0.25) is 9.59 Å². The molecule has 138 valence electrons. The number of hydrogen-bond donors (Lipinski definition) is 2. The summed E-state index contributed by atoms with van der Waals surface area (Å²) < 4.78 is 2.00. The highest BCUT2D eigenvalue weighted by Gasteiger charge is 2.30. The summed E-state index contributed by atoms with van der Waals surface area (Å²) >= 11 is 0. The third-order valence-electron chi connectivity index (χ3n) is 4.99. The lowest BCUT2D eigenvalue weighted by Gasteiger charge is -2.36. The van der Waals surface area contributed by atoms with Crippen LogP contribution in [0.2, 0.25) is 0 Å². The number of nitrogens with zero attached hydrogens (tertiary/aromatic N) is 2. The van der Waals surface area contributed by atoms with Crippen molar-refractivity contribution < 1.29 is 9.59 Å². The Labute approximate surface area is 157 Å². The average molecular weight is 362 g/mol. The molecule has 0 spiro atoms. The second kappa shape index (κ2) is 7.23. The van der Waals surface area contributed by atoms with Gasteiger partial charge >= 0.3 is 0 Å². The molecule has 0 aliphatic heterocycles. The maximum Gasteiger partial charge on any atom is 0.229 e. The Hall–Kier alpha value is -3.15. The van der Waals surface area contributed by atoms with Crippen LogP contribution in [0.15, 0.2) is 55.0 Å². The molecule has 0 bridgehead atoms. The highest BCUT2D eigenvalue weighted by Crippen LogP contribution is 2.32. The fraction of sp³-hybridized carbons (Fsp3) is 0.286. The molecule has 0 saturated heterocycles. The highest BCUT2D eigenvalue weighted by atomic mass is 16.2. The van der Waals surface area contributed by atoms with E-state index in [1.54, 1.807) is 6.33 Å². The molecule has 1 aromatic heterocycles. The Balaban J connectivity index is 1.33. The molecule has 27 heavy (non-hydrogen) atoms. The van der Waals surface area contributed by atoms with Gasteiger partial charge in [0.25, 0.3) is 0 Å². The van der Waals surface area contributed by atoms with E-state index in [0.717, 1.165) is 23.8 Å². The Kier molecular flexibility index (Phi) is 4.62. The van der Waals surface area contributed by atoms with Crippen LogP contribution in [0.4, 0.5) is 5.82 Å². The van der Waals surface area contributed by atoms with Crippen molar-refractivity contribution in [2.75, 3.05) is 5.32 Å². The van der Waals surface area contributed by atoms with Crippen LogP contribution in [0.25, 0.3) is 10.8 Å². The minimum atomic E-state index is -0.0831. The van der Waals surface area contributed by atoms with Crippen LogP contribution in [-0.4, -0.2) is 27.4 Å². The number of anilines is 1. The maximum atomic E-state index is 12.3. The summed E-state index contributed by atoms with van der Waals surface area (Å²) in [4.78, 5) is 27.7. The number of nitrogens with one attached hydrogen (secondary N) is 2. The van der Waals surface area contributed by atoms with Crippen molar-refractivity contribution in [1.82, 2.24) is 14.9 Å². The smallest absolute Gasteiger partial charge is 0.229 e. The number of carbonyl (C=O) groups is 2. The first-order valence-electron chi connectivity index (χ1n) is 9.15. The number of benzene rings is 2. The van der Waals surface area contributed by atoms with Gasteiger partial charge in [0.2, 0.25) is 11.8 Å². The predicted octanol–water partition coefficient (Wildman–Crippen LogP) is 3.06. The van der Waals surface area contributed by atoms with E-state index >= 15 is 0 Å². The SMILES string of the molecule is CC(=O)N[C@H]1C[C@@H](n2cnc(NC(=O)Cc3ccc4ccccc4c3)c2)C1. The highest BCUT2D eigenvalue weighted by molar-refractivity contribution is 5.92. The monoisotopic (exact) mass is 362 g/mol. The minimum Gasteiger partial charge on any atom is -0.353 e. The molecule has 3 aromatic rings. The minimum absolute atomic E-state index is 0.00530. The van der Waals surface area contributed by atoms with E-state index in [0.29, 0.717) is 18.3 Å². The lowest BCUT2D eigenvalue weighted by molar-refractivity contribution is -0.120. The van der Waals surface area contributed by atoms with Gasteiger partial charge in [-0.1, -0.05) is 42.5 Å². The van der Waals surface area contributed by atoms with E-state index in [9.17, 15) is 9.59 Å². The molecular formula is C21H22N4O2. The van der Waals surface area contributed by atoms with Gasteiger partial charge in [-0.25, -0.2) is 4.98 Å². The van der Waals surface area contributed by atoms with Gasteiger partial charge < -0.3 is 15.2 Å². The maximum absolute atomic E-state index is 12.3. The first kappa shape index (κ1) is 17.3. The van der Waals surface area contributed by atoms with Crippen LogP contribution in [0.3, 0.4) is 0 Å². The molecule has 4 rings (SSSR count). The van der Waals surface area contributed by atoms with E-state index in [-0.39, 0.29) is 17.9 Å². The van der Waals surface area contributed by atoms with Crippen LogP contribution in [-0.2, 0) is 16.0 Å². The molecular weight excluding hydrogens is 340 g/mol. The quantitative estimate of drug-likeness (QED) is 0.732. The van der Waals surface area contributed by atoms with E-state index in [1.165, 1.54) is 12.3 Å². The van der Waals surface area contributed by atoms with Gasteiger partial charge in [0, 0.05) is 25.2 Å². The zero-order chi connectivity index (χ0) is 18.8. The molecule has 2 N–H and O–H groups in total. The molecule has 0 unspecified atom stereocenters. The van der Waals surface area contributed by atoms with Gasteiger partial charge in [0.1, 0.15) is 0 Å². The zero-order valence-electron chi connectivity index (χ0n) is 15.2. The van der Waals surface area contributed by atoms with Crippen LogP contribution in [0.5, 0.6) is 0 Å². The second-order valence-corrected chi connectivity index (χ2v) is 7.14. The van der Waals surface area contributed by atoms with Crippen molar-refractivity contribution in [1.29, 1.82) is 0 Å². The Morgan fingerprint density at radius 2 is 1.93 bits per heavy atom. The molecule has 6 heteroatoms. The fourth-order valence-corrected chi connectivity index (χ4v) is 3.56. The van der Waals surface area contributed by atoms with Gasteiger partial charge in [-0.05, 0) is 29.2 Å². The molecule has 1 fully saturated rings. The third-order valence-corrected chi connectivity index (χ3v) is 4.99. The summed E-state index contributed by atoms with van der Waals surface area (Å²) in [5.41, 5.74) is 0.975. The number of amides is 2. The van der Waals surface area contributed by atoms with Gasteiger partial charge in [0.15, 0.2) is 5.82 Å². The molecule has 1 aliphatic carbocycles. The van der Waals surface area contributed by atoms with Gasteiger partial charge in [-0.15, -0.1) is 0 Å². The molecule has 1 aliphatic rings. The van der Waals surface area contributed by atoms with Crippen molar-refractivity contribution in [3.8, 4) is 0 Å². The summed E-state index contributed by atoms with van der Waals surface area (Å²) in [5.74, 6) is 0.481. The standard InChI is InChI=1S/C21H22N4O2/c1-14(26)23-18-10-19(11-18)25-12-20(22-13-25)24-21(27)9-15-6-7-16-4-2-3-5-17(16)8-15/h2-8,12-13,18-19H,9-11H2,1H3,(H,23,26)(H,24,27)/t18-,19+. The topological polar surface area (TPSA) is 76.0 Å². The molecule has 0 atom stereocenters. The normalized spacial score (nSPS) is 18.7. The van der Waals surface area contributed by atoms with Crippen LogP contribution < -0.4 is 10.6 Å². The number of imidazole rings is 1. The Bertz CT molecular complexity index is 989. The third kappa shape index (κ3) is 4.00. The van der Waals surface area contributed by atoms with E-state index in [2.05, 4.69) is 21.7 Å². The Morgan fingerprint density at radius 1 is 1.15 bits per heavy atom. The summed E-state index contributed by atoms with van der Waals surface area (Å²) in [6.45, 7) is 1.54. The number of carbonyl (C=O) groups excluding carboxylic acids is 2. The van der Waals surface area contributed by atoms with Gasteiger partial charge in [0.05, 0.1) is 12.7 Å². The lowest BCUT2D eigenvalue weighted by atomic mass is 9.86. The number of aromatic nitrogens is 2. The summed E-state index contributed by atoms with van der Waals surface area (Å²) in [6.07, 6.45) is 5.68. The summed E-state index contributed by atoms with van der Waals surface area (Å²) in [6, 6.07) is 14.7. The van der Waals surface area contributed by atoms with Crippen molar-refractivity contribution in [3.05, 3.63) is 60.6 Å². The molecule has 2 aromatic carbocycles. The lowest BCUT2D eigenvalue weighted by Crippen LogP contribution is -2.43. The van der Waals surface area contributed by atoms with Gasteiger partial charge in [-0.2, -0.15) is 0 Å².